The number of carbonyl (C=O) groups is 1. The highest BCUT2D eigenvalue weighted by atomic mass is 32.1. The van der Waals surface area contributed by atoms with Gasteiger partial charge in [0.15, 0.2) is 16.6 Å². The largest absolute Gasteiger partial charge is 0.487 e. The van der Waals surface area contributed by atoms with Crippen molar-refractivity contribution in [2.24, 2.45) is 5.73 Å². The molecule has 7 nitrogen and oxygen atoms in total. The number of rotatable bonds is 6. The van der Waals surface area contributed by atoms with Crippen LogP contribution in [0.3, 0.4) is 0 Å². The highest BCUT2D eigenvalue weighted by molar-refractivity contribution is 7.11. The van der Waals surface area contributed by atoms with Gasteiger partial charge in [-0.25, -0.2) is 0 Å². The maximum atomic E-state index is 10.9. The van der Waals surface area contributed by atoms with Crippen LogP contribution in [-0.2, 0) is 4.79 Å². The molecule has 0 spiro atoms. The minimum absolute atomic E-state index is 0.273. The SMILES string of the molecule is CCOc1c(N)nsc1NC1CCN(CC(N)=O)CC1. The topological polar surface area (TPSA) is 106 Å². The predicted molar refractivity (Wildman–Crippen MR) is 80.0 cm³/mol. The number of hydrogen-bond donors (Lipinski definition) is 3. The molecule has 0 atom stereocenters. The van der Waals surface area contributed by atoms with Gasteiger partial charge in [0, 0.05) is 19.1 Å². The van der Waals surface area contributed by atoms with Crippen LogP contribution in [0.2, 0.25) is 0 Å². The second-order valence-electron chi connectivity index (χ2n) is 4.82. The molecule has 0 unspecified atom stereocenters. The maximum Gasteiger partial charge on any atom is 0.231 e. The van der Waals surface area contributed by atoms with Gasteiger partial charge in [0.2, 0.25) is 5.91 Å². The van der Waals surface area contributed by atoms with Gasteiger partial charge in [-0.3, -0.25) is 9.69 Å². The van der Waals surface area contributed by atoms with E-state index in [0.717, 1.165) is 30.9 Å². The Labute approximate surface area is 122 Å². The third-order valence-electron chi connectivity index (χ3n) is 3.27. The number of piperidine rings is 1. The van der Waals surface area contributed by atoms with Crippen molar-refractivity contribution < 1.29 is 9.53 Å². The molecule has 0 bridgehead atoms. The molecule has 20 heavy (non-hydrogen) atoms. The number of aromatic nitrogens is 1. The predicted octanol–water partition coefficient (Wildman–Crippen LogP) is 0.486. The maximum absolute atomic E-state index is 10.9. The number of hydrogen-bond acceptors (Lipinski definition) is 7. The highest BCUT2D eigenvalue weighted by Gasteiger charge is 2.22. The second-order valence-corrected chi connectivity index (χ2v) is 5.59. The van der Waals surface area contributed by atoms with Crippen molar-refractivity contribution >= 4 is 28.3 Å². The summed E-state index contributed by atoms with van der Waals surface area (Å²) in [5.74, 6) is 0.813. The Balaban J connectivity index is 1.88. The molecule has 1 aliphatic rings. The molecule has 2 heterocycles. The van der Waals surface area contributed by atoms with E-state index < -0.39 is 0 Å². The van der Waals surface area contributed by atoms with Crippen LogP contribution in [0.5, 0.6) is 5.75 Å². The molecule has 1 aromatic heterocycles. The fraction of sp³-hybridized carbons (Fsp3) is 0.667. The first-order chi connectivity index (χ1) is 9.60. The fourth-order valence-corrected chi connectivity index (χ4v) is 3.05. The third kappa shape index (κ3) is 3.73. The van der Waals surface area contributed by atoms with Gasteiger partial charge in [-0.1, -0.05) is 0 Å². The summed E-state index contributed by atoms with van der Waals surface area (Å²) in [6.45, 7) is 4.54. The lowest BCUT2D eigenvalue weighted by molar-refractivity contribution is -0.119. The van der Waals surface area contributed by atoms with Gasteiger partial charge in [-0.2, -0.15) is 4.37 Å². The molecule has 1 fully saturated rings. The molecule has 5 N–H and O–H groups in total. The van der Waals surface area contributed by atoms with Crippen molar-refractivity contribution in [1.82, 2.24) is 9.27 Å². The minimum atomic E-state index is -0.273. The number of carbonyl (C=O) groups excluding carboxylic acids is 1. The van der Waals surface area contributed by atoms with Crippen molar-refractivity contribution in [2.45, 2.75) is 25.8 Å². The number of nitrogen functional groups attached to an aromatic ring is 1. The number of nitrogens with zero attached hydrogens (tertiary/aromatic N) is 2. The van der Waals surface area contributed by atoms with Crippen molar-refractivity contribution in [3.63, 3.8) is 0 Å². The monoisotopic (exact) mass is 299 g/mol. The summed E-state index contributed by atoms with van der Waals surface area (Å²) in [7, 11) is 0. The summed E-state index contributed by atoms with van der Waals surface area (Å²) < 4.78 is 9.63. The lowest BCUT2D eigenvalue weighted by Crippen LogP contribution is -2.42. The van der Waals surface area contributed by atoms with Gasteiger partial charge >= 0.3 is 0 Å². The average molecular weight is 299 g/mol. The fourth-order valence-electron chi connectivity index (χ4n) is 2.31. The summed E-state index contributed by atoms with van der Waals surface area (Å²) in [5, 5.41) is 4.32. The summed E-state index contributed by atoms with van der Waals surface area (Å²) >= 11 is 1.32. The molecule has 1 saturated heterocycles. The molecule has 0 aliphatic carbocycles. The Morgan fingerprint density at radius 2 is 2.25 bits per heavy atom. The standard InChI is InChI=1S/C12H21N5O2S/c1-2-19-10-11(14)16-20-12(10)15-8-3-5-17(6-4-8)7-9(13)18/h8,15H,2-7H2,1H3,(H2,13,18)(H2,14,16). The Morgan fingerprint density at radius 1 is 1.55 bits per heavy atom. The van der Waals surface area contributed by atoms with E-state index >= 15 is 0 Å². The smallest absolute Gasteiger partial charge is 0.231 e. The summed E-state index contributed by atoms with van der Waals surface area (Å²) in [6.07, 6.45) is 1.91. The number of nitrogens with two attached hydrogens (primary N) is 2. The number of ether oxygens (including phenoxy) is 1. The first-order valence-electron chi connectivity index (χ1n) is 6.75. The zero-order chi connectivity index (χ0) is 14.5. The van der Waals surface area contributed by atoms with Crippen LogP contribution in [0.15, 0.2) is 0 Å². The molecule has 2 rings (SSSR count). The lowest BCUT2D eigenvalue weighted by Gasteiger charge is -2.31. The molecule has 0 saturated carbocycles. The van der Waals surface area contributed by atoms with Gasteiger partial charge in [0.05, 0.1) is 13.2 Å². The van der Waals surface area contributed by atoms with Crippen molar-refractivity contribution in [3.05, 3.63) is 0 Å². The molecule has 8 heteroatoms. The average Bonchev–Trinajstić information content (AvgIpc) is 2.74. The Hall–Kier alpha value is -1.54. The van der Waals surface area contributed by atoms with Crippen molar-refractivity contribution in [1.29, 1.82) is 0 Å². The normalized spacial score (nSPS) is 17.1. The van der Waals surface area contributed by atoms with Crippen molar-refractivity contribution in [3.8, 4) is 5.75 Å². The number of likely N-dealkylation sites (tertiary alicyclic amines) is 1. The van der Waals surface area contributed by atoms with E-state index in [2.05, 4.69) is 14.6 Å². The van der Waals surface area contributed by atoms with E-state index in [0.29, 0.717) is 30.8 Å². The number of nitrogens with one attached hydrogen (secondary N) is 1. The van der Waals surface area contributed by atoms with Crippen LogP contribution >= 0.6 is 11.5 Å². The number of amides is 1. The number of anilines is 2. The van der Waals surface area contributed by atoms with E-state index in [1.54, 1.807) is 0 Å². The number of primary amides is 1. The van der Waals surface area contributed by atoms with Gasteiger partial charge < -0.3 is 21.5 Å². The summed E-state index contributed by atoms with van der Waals surface area (Å²) in [6, 6.07) is 0.346. The molecular formula is C12H21N5O2S. The highest BCUT2D eigenvalue weighted by Crippen LogP contribution is 2.36. The first kappa shape index (κ1) is 14.9. The van der Waals surface area contributed by atoms with Crippen LogP contribution < -0.4 is 21.5 Å². The molecule has 112 valence electrons. The molecule has 0 radical (unpaired) electrons. The summed E-state index contributed by atoms with van der Waals surface area (Å²) in [4.78, 5) is 13.0. The lowest BCUT2D eigenvalue weighted by atomic mass is 10.1. The van der Waals surface area contributed by atoms with Crippen LogP contribution in [0.25, 0.3) is 0 Å². The van der Waals surface area contributed by atoms with E-state index in [4.69, 9.17) is 16.2 Å². The zero-order valence-corrected chi connectivity index (χ0v) is 12.4. The molecular weight excluding hydrogens is 278 g/mol. The second kappa shape index (κ2) is 6.76. The Morgan fingerprint density at radius 3 is 2.85 bits per heavy atom. The van der Waals surface area contributed by atoms with Gasteiger partial charge in [-0.15, -0.1) is 0 Å². The van der Waals surface area contributed by atoms with Crippen molar-refractivity contribution in [2.75, 3.05) is 37.3 Å². The first-order valence-corrected chi connectivity index (χ1v) is 7.52. The summed E-state index contributed by atoms with van der Waals surface area (Å²) in [5.41, 5.74) is 11.0. The molecule has 1 aliphatic heterocycles. The van der Waals surface area contributed by atoms with Gasteiger partial charge in [0.1, 0.15) is 0 Å². The van der Waals surface area contributed by atoms with E-state index in [1.807, 2.05) is 6.92 Å². The van der Waals surface area contributed by atoms with Crippen LogP contribution in [-0.4, -0.2) is 47.5 Å². The van der Waals surface area contributed by atoms with E-state index in [1.165, 1.54) is 11.5 Å². The molecule has 0 aromatic carbocycles. The quantitative estimate of drug-likeness (QED) is 0.705. The van der Waals surface area contributed by atoms with Crippen LogP contribution in [0.1, 0.15) is 19.8 Å². The molecule has 1 aromatic rings. The van der Waals surface area contributed by atoms with Gasteiger partial charge in [-0.05, 0) is 31.3 Å². The van der Waals surface area contributed by atoms with E-state index in [-0.39, 0.29) is 5.91 Å². The zero-order valence-electron chi connectivity index (χ0n) is 11.6. The Bertz CT molecular complexity index is 457. The van der Waals surface area contributed by atoms with Crippen LogP contribution in [0, 0.1) is 0 Å². The van der Waals surface area contributed by atoms with Gasteiger partial charge in [0.25, 0.3) is 0 Å². The van der Waals surface area contributed by atoms with Crippen LogP contribution in [0.4, 0.5) is 10.8 Å². The Kier molecular flexibility index (Phi) is 5.02. The molecule has 1 amide bonds. The third-order valence-corrected chi connectivity index (χ3v) is 4.04. The minimum Gasteiger partial charge on any atom is -0.487 e. The van der Waals surface area contributed by atoms with E-state index in [9.17, 15) is 4.79 Å².